The van der Waals surface area contributed by atoms with Crippen LogP contribution in [0.1, 0.15) is 78.9 Å². The first-order valence-corrected chi connectivity index (χ1v) is 25.7. The number of anilines is 2. The molecule has 0 bridgehead atoms. The number of rotatable bonds is 18. The van der Waals surface area contributed by atoms with E-state index >= 15 is 0 Å². The molecule has 0 spiro atoms. The van der Waals surface area contributed by atoms with Gasteiger partial charge >= 0.3 is 35.9 Å². The van der Waals surface area contributed by atoms with Crippen LogP contribution in [0.4, 0.5) is 19.9 Å². The Bertz CT molecular complexity index is 3410. The molecule has 0 atom stereocenters. The lowest BCUT2D eigenvalue weighted by Crippen LogP contribution is -2.28. The van der Waals surface area contributed by atoms with Crippen molar-refractivity contribution < 1.29 is 48.1 Å². The highest BCUT2D eigenvalue weighted by atomic mass is 32.1. The van der Waals surface area contributed by atoms with E-state index in [-0.39, 0.29) is 43.6 Å². The van der Waals surface area contributed by atoms with Gasteiger partial charge in [0.15, 0.2) is 33.1 Å². The minimum absolute atomic E-state index is 0.0661. The molecular formula is C53H54N12O10S2. The molecular weight excluding hydrogens is 1030 g/mol. The van der Waals surface area contributed by atoms with E-state index in [9.17, 15) is 28.8 Å². The number of benzene rings is 2. The van der Waals surface area contributed by atoms with Crippen LogP contribution in [0.2, 0.25) is 0 Å². The third-order valence-corrected chi connectivity index (χ3v) is 13.1. The highest BCUT2D eigenvalue weighted by Gasteiger charge is 2.30. The lowest BCUT2D eigenvalue weighted by molar-refractivity contribution is -0.160. The first-order valence-electron chi connectivity index (χ1n) is 24.1. The molecule has 5 N–H and O–H groups in total. The summed E-state index contributed by atoms with van der Waals surface area (Å²) in [6.45, 7) is 11.3. The van der Waals surface area contributed by atoms with Crippen molar-refractivity contribution in [3.63, 3.8) is 0 Å². The SMILES string of the molecule is CCNC(=O)Nc1nc2cc(-c3cnc(C(C)(C)OC(=O)CCC(=O)O)nc3)cc(-c3ccccn3)c2s1.CCNC(=O)Nc1nc2cc(-c3cnc(C(C)(C)OC(=O)CCC(=O)OC)nc3)cc(-c3ccccn3)c2s1. The topological polar surface area (TPSA) is 302 Å². The van der Waals surface area contributed by atoms with Crippen molar-refractivity contribution in [3.8, 4) is 44.8 Å². The standard InChI is InChI=1S/C27H28N6O5S.C26H26N6O5S/c1-5-28-25(36)33-26-32-20-13-16(12-18(23(20)39-26)19-8-6-7-11-29-19)17-14-30-24(31-15-17)27(2,3)38-22(35)10-9-21(34)37-4;1-4-27-24(36)32-25-31-19-12-15(11-17(22(19)38-25)18-7-5-6-10-28-18)16-13-29-23(30-14-16)26(2,3)37-21(35)9-8-20(33)34/h6-8,11-15H,5,9-10H2,1-4H3,(H2,28,32,33,36);5-7,10-14H,4,8-9H2,1-3H3,(H,33,34)(H2,27,31,32,36). The predicted octanol–water partition coefficient (Wildman–Crippen LogP) is 9.29. The Hall–Kier alpha value is -8.90. The number of nitrogens with one attached hydrogen (secondary N) is 4. The smallest absolute Gasteiger partial charge is 0.321 e. The second-order valence-corrected chi connectivity index (χ2v) is 19.7. The minimum atomic E-state index is -1.15. The number of urea groups is 2. The number of carboxylic acid groups (broad SMARTS) is 1. The summed E-state index contributed by atoms with van der Waals surface area (Å²) in [5.74, 6) is -2.17. The van der Waals surface area contributed by atoms with Gasteiger partial charge in [0, 0.05) is 72.5 Å². The highest BCUT2D eigenvalue weighted by molar-refractivity contribution is 7.23. The van der Waals surface area contributed by atoms with E-state index in [1.54, 1.807) is 64.9 Å². The first-order chi connectivity index (χ1) is 36.9. The molecule has 398 valence electrons. The fourth-order valence-electron chi connectivity index (χ4n) is 7.39. The van der Waals surface area contributed by atoms with Crippen molar-refractivity contribution >= 4 is 89.3 Å². The Morgan fingerprint density at radius 2 is 0.948 bits per heavy atom. The Labute approximate surface area is 449 Å². The molecule has 6 heterocycles. The van der Waals surface area contributed by atoms with Crippen molar-refractivity contribution in [2.75, 3.05) is 30.8 Å². The fraction of sp³-hybridized carbons (Fsp3) is 0.283. The van der Waals surface area contributed by atoms with E-state index in [1.807, 2.05) is 74.5 Å². The Morgan fingerprint density at radius 1 is 0.545 bits per heavy atom. The number of aromatic nitrogens is 8. The first kappa shape index (κ1) is 55.8. The normalized spacial score (nSPS) is 11.2. The lowest BCUT2D eigenvalue weighted by atomic mass is 10.0. The maximum absolute atomic E-state index is 12.2. The Morgan fingerprint density at radius 3 is 1.31 bits per heavy atom. The van der Waals surface area contributed by atoms with Gasteiger partial charge in [0.05, 0.1) is 64.6 Å². The zero-order chi connectivity index (χ0) is 55.3. The highest BCUT2D eigenvalue weighted by Crippen LogP contribution is 2.40. The number of fused-ring (bicyclic) bond motifs is 2. The van der Waals surface area contributed by atoms with Gasteiger partial charge in [0.2, 0.25) is 0 Å². The molecule has 0 unspecified atom stereocenters. The third-order valence-electron chi connectivity index (χ3n) is 11.1. The molecule has 24 heteroatoms. The van der Waals surface area contributed by atoms with Crippen LogP contribution in [0.25, 0.3) is 65.2 Å². The lowest BCUT2D eigenvalue weighted by Gasteiger charge is -2.23. The zero-order valence-electron chi connectivity index (χ0n) is 43.0. The molecule has 6 aromatic heterocycles. The third kappa shape index (κ3) is 14.7. The number of ether oxygens (including phenoxy) is 3. The van der Waals surface area contributed by atoms with Gasteiger partial charge in [0.25, 0.3) is 0 Å². The number of carbonyl (C=O) groups excluding carboxylic acids is 5. The molecule has 0 fully saturated rings. The average Bonchev–Trinajstić information content (AvgIpc) is 4.02. The zero-order valence-corrected chi connectivity index (χ0v) is 44.6. The minimum Gasteiger partial charge on any atom is -0.481 e. The molecule has 4 amide bonds. The van der Waals surface area contributed by atoms with Gasteiger partial charge in [-0.25, -0.2) is 39.5 Å². The number of methoxy groups -OCH3 is 1. The second-order valence-electron chi connectivity index (χ2n) is 17.7. The van der Waals surface area contributed by atoms with Gasteiger partial charge in [-0.15, -0.1) is 0 Å². The van der Waals surface area contributed by atoms with Crippen LogP contribution in [0.3, 0.4) is 0 Å². The number of carbonyl (C=O) groups is 6. The van der Waals surface area contributed by atoms with Crippen molar-refractivity contribution in [3.05, 3.63) is 109 Å². The summed E-state index contributed by atoms with van der Waals surface area (Å²) in [5, 5.41) is 20.6. The quantitative estimate of drug-likeness (QED) is 0.0395. The number of amides is 4. The molecule has 0 aliphatic rings. The molecule has 0 saturated heterocycles. The van der Waals surface area contributed by atoms with Gasteiger partial charge in [-0.1, -0.05) is 34.8 Å². The number of hydrogen-bond donors (Lipinski definition) is 5. The van der Waals surface area contributed by atoms with Gasteiger partial charge in [-0.3, -0.25) is 39.8 Å². The van der Waals surface area contributed by atoms with Crippen LogP contribution < -0.4 is 21.3 Å². The van der Waals surface area contributed by atoms with E-state index in [4.69, 9.17) is 14.6 Å². The van der Waals surface area contributed by atoms with Gasteiger partial charge in [-0.05, 0) is 101 Å². The summed E-state index contributed by atoms with van der Waals surface area (Å²) in [4.78, 5) is 106. The summed E-state index contributed by atoms with van der Waals surface area (Å²) < 4.78 is 17.3. The molecule has 22 nitrogen and oxygen atoms in total. The largest absolute Gasteiger partial charge is 0.481 e. The molecule has 8 rings (SSSR count). The molecule has 8 aromatic rings. The van der Waals surface area contributed by atoms with E-state index in [1.165, 1.54) is 29.8 Å². The Kier molecular flexibility index (Phi) is 18.2. The van der Waals surface area contributed by atoms with Crippen molar-refractivity contribution in [1.29, 1.82) is 0 Å². The molecule has 0 aliphatic carbocycles. The maximum Gasteiger partial charge on any atom is 0.321 e. The number of esters is 3. The molecule has 0 aliphatic heterocycles. The molecule has 2 aromatic carbocycles. The monoisotopic (exact) mass is 1080 g/mol. The number of carboxylic acids is 1. The maximum atomic E-state index is 12.2. The van der Waals surface area contributed by atoms with E-state index in [2.05, 4.69) is 65.9 Å². The van der Waals surface area contributed by atoms with Crippen LogP contribution in [0, 0.1) is 0 Å². The fourth-order valence-corrected chi connectivity index (χ4v) is 9.32. The van der Waals surface area contributed by atoms with E-state index in [0.717, 1.165) is 48.6 Å². The van der Waals surface area contributed by atoms with Crippen LogP contribution in [0.5, 0.6) is 0 Å². The summed E-state index contributed by atoms with van der Waals surface area (Å²) in [6.07, 6.45) is 9.25. The average molecular weight is 1080 g/mol. The van der Waals surface area contributed by atoms with Gasteiger partial charge < -0.3 is 30.0 Å². The summed E-state index contributed by atoms with van der Waals surface area (Å²) >= 11 is 2.72. The van der Waals surface area contributed by atoms with Crippen molar-refractivity contribution in [2.45, 2.75) is 78.4 Å². The summed E-state index contributed by atoms with van der Waals surface area (Å²) in [6, 6.07) is 18.4. The molecule has 77 heavy (non-hydrogen) atoms. The van der Waals surface area contributed by atoms with Crippen LogP contribution in [0.15, 0.2) is 97.8 Å². The van der Waals surface area contributed by atoms with Crippen LogP contribution in [-0.2, 0) is 44.6 Å². The van der Waals surface area contributed by atoms with Crippen LogP contribution >= 0.6 is 22.7 Å². The van der Waals surface area contributed by atoms with Gasteiger partial charge in [-0.2, -0.15) is 0 Å². The summed E-state index contributed by atoms with van der Waals surface area (Å²) in [7, 11) is 1.26. The van der Waals surface area contributed by atoms with E-state index in [0.29, 0.717) is 45.8 Å². The molecule has 0 radical (unpaired) electrons. The van der Waals surface area contributed by atoms with Crippen molar-refractivity contribution in [1.82, 2.24) is 50.5 Å². The summed E-state index contributed by atoms with van der Waals surface area (Å²) in [5.41, 5.74) is 5.33. The molecule has 0 saturated carbocycles. The number of pyridine rings is 2. The predicted molar refractivity (Wildman–Crippen MR) is 290 cm³/mol. The van der Waals surface area contributed by atoms with Crippen molar-refractivity contribution in [2.24, 2.45) is 0 Å². The van der Waals surface area contributed by atoms with Crippen LogP contribution in [-0.4, -0.2) is 101 Å². The Balaban J connectivity index is 0.000000224. The number of hydrogen-bond acceptors (Lipinski definition) is 19. The number of thiazole rings is 2. The number of nitrogens with zero attached hydrogens (tertiary/aromatic N) is 8. The van der Waals surface area contributed by atoms with E-state index < -0.39 is 35.1 Å². The number of aliphatic carboxylic acids is 1. The van der Waals surface area contributed by atoms with Gasteiger partial charge in [0.1, 0.15) is 0 Å². The second kappa shape index (κ2) is 25.1.